The molecule has 4 nitrogen and oxygen atoms in total. The summed E-state index contributed by atoms with van der Waals surface area (Å²) < 4.78 is 4.70. The van der Waals surface area contributed by atoms with E-state index in [2.05, 4.69) is 11.1 Å². The van der Waals surface area contributed by atoms with E-state index in [4.69, 9.17) is 10.00 Å². The number of aromatic amines is 1. The average Bonchev–Trinajstić information content (AvgIpc) is 2.83. The van der Waals surface area contributed by atoms with Gasteiger partial charge >= 0.3 is 5.97 Å². The molecule has 1 N–H and O–H groups in total. The molecule has 0 amide bonds. The number of rotatable bonds is 1. The van der Waals surface area contributed by atoms with Crippen molar-refractivity contribution in [2.24, 2.45) is 0 Å². The molecule has 0 aliphatic heterocycles. The van der Waals surface area contributed by atoms with E-state index < -0.39 is 0 Å². The first-order chi connectivity index (χ1) is 9.24. The minimum Gasteiger partial charge on any atom is -0.465 e. The molecule has 0 fully saturated rings. The molecule has 0 atom stereocenters. The fourth-order valence-electron chi connectivity index (χ4n) is 2.27. The lowest BCUT2D eigenvalue weighted by Gasteiger charge is -1.98. The van der Waals surface area contributed by atoms with Crippen LogP contribution in [-0.4, -0.2) is 18.1 Å². The quantitative estimate of drug-likeness (QED) is 0.675. The summed E-state index contributed by atoms with van der Waals surface area (Å²) in [5.74, 6) is -0.374. The highest BCUT2D eigenvalue weighted by atomic mass is 16.5. The molecule has 3 rings (SSSR count). The maximum Gasteiger partial charge on any atom is 0.337 e. The van der Waals surface area contributed by atoms with Crippen molar-refractivity contribution in [3.05, 3.63) is 47.5 Å². The normalized spacial score (nSPS) is 10.5. The Hall–Kier alpha value is -2.80. The highest BCUT2D eigenvalue weighted by Gasteiger charge is 2.11. The topological polar surface area (TPSA) is 65.9 Å². The molecule has 0 aliphatic rings. The smallest absolute Gasteiger partial charge is 0.337 e. The molecule has 0 saturated carbocycles. The number of nitrogens with zero attached hydrogens (tertiary/aromatic N) is 1. The summed E-state index contributed by atoms with van der Waals surface area (Å²) in [6.45, 7) is 0. The van der Waals surface area contributed by atoms with Crippen molar-refractivity contribution in [3.8, 4) is 6.07 Å². The van der Waals surface area contributed by atoms with Crippen molar-refractivity contribution < 1.29 is 9.53 Å². The Bertz CT molecular complexity index is 840. The number of hydrogen-bond acceptors (Lipinski definition) is 3. The Balaban J connectivity index is 2.34. The van der Waals surface area contributed by atoms with E-state index in [-0.39, 0.29) is 5.97 Å². The van der Waals surface area contributed by atoms with Crippen LogP contribution in [0.5, 0.6) is 0 Å². The van der Waals surface area contributed by atoms with E-state index in [0.717, 1.165) is 21.8 Å². The lowest BCUT2D eigenvalue weighted by molar-refractivity contribution is 0.0601. The van der Waals surface area contributed by atoms with Gasteiger partial charge < -0.3 is 9.72 Å². The van der Waals surface area contributed by atoms with E-state index in [9.17, 15) is 4.79 Å². The molecule has 0 spiro atoms. The van der Waals surface area contributed by atoms with Gasteiger partial charge in [-0.05, 0) is 18.2 Å². The molecule has 19 heavy (non-hydrogen) atoms. The van der Waals surface area contributed by atoms with Crippen LogP contribution in [0.4, 0.5) is 0 Å². The standard InChI is InChI=1S/C15H10N2O2/c1-19-15(18)9-5-6-11-12-4-2-3-10(8-16)14(12)17-13(11)7-9/h2-7,17H,1H3. The molecule has 1 aromatic heterocycles. The van der Waals surface area contributed by atoms with Crippen LogP contribution in [0, 0.1) is 11.3 Å². The van der Waals surface area contributed by atoms with Crippen LogP contribution in [0.15, 0.2) is 36.4 Å². The van der Waals surface area contributed by atoms with Gasteiger partial charge in [0.05, 0.1) is 23.8 Å². The number of carbonyl (C=O) groups is 1. The molecule has 0 radical (unpaired) electrons. The van der Waals surface area contributed by atoms with Crippen molar-refractivity contribution in [3.63, 3.8) is 0 Å². The summed E-state index contributed by atoms with van der Waals surface area (Å²) in [6.07, 6.45) is 0. The van der Waals surface area contributed by atoms with Crippen LogP contribution < -0.4 is 0 Å². The Morgan fingerprint density at radius 1 is 1.26 bits per heavy atom. The molecule has 92 valence electrons. The number of hydrogen-bond donors (Lipinski definition) is 1. The molecule has 0 aliphatic carbocycles. The number of H-pyrrole nitrogens is 1. The van der Waals surface area contributed by atoms with Crippen molar-refractivity contribution in [2.75, 3.05) is 7.11 Å². The molecule has 1 heterocycles. The zero-order valence-corrected chi connectivity index (χ0v) is 10.2. The van der Waals surface area contributed by atoms with Gasteiger partial charge in [-0.25, -0.2) is 4.79 Å². The van der Waals surface area contributed by atoms with Gasteiger partial charge in [0.25, 0.3) is 0 Å². The number of ether oxygens (including phenoxy) is 1. The number of para-hydroxylation sites is 1. The number of carbonyl (C=O) groups excluding carboxylic acids is 1. The minimum absolute atomic E-state index is 0.374. The second kappa shape index (κ2) is 4.14. The SMILES string of the molecule is COC(=O)c1ccc2c(c1)[nH]c1c(C#N)cccc12. The minimum atomic E-state index is -0.374. The zero-order valence-electron chi connectivity index (χ0n) is 10.2. The monoisotopic (exact) mass is 250 g/mol. The first kappa shape index (κ1) is 11.3. The largest absolute Gasteiger partial charge is 0.465 e. The number of nitriles is 1. The highest BCUT2D eigenvalue weighted by Crippen LogP contribution is 2.28. The van der Waals surface area contributed by atoms with E-state index in [1.54, 1.807) is 18.2 Å². The first-order valence-corrected chi connectivity index (χ1v) is 5.77. The molecule has 3 aromatic rings. The maximum atomic E-state index is 11.5. The van der Waals surface area contributed by atoms with Crippen LogP contribution in [0.25, 0.3) is 21.8 Å². The molecule has 0 bridgehead atoms. The van der Waals surface area contributed by atoms with Gasteiger partial charge in [0.15, 0.2) is 0 Å². The van der Waals surface area contributed by atoms with Gasteiger partial charge in [-0.3, -0.25) is 0 Å². The van der Waals surface area contributed by atoms with E-state index in [1.165, 1.54) is 7.11 Å². The van der Waals surface area contributed by atoms with E-state index in [0.29, 0.717) is 11.1 Å². The number of aromatic nitrogens is 1. The zero-order chi connectivity index (χ0) is 13.4. The van der Waals surface area contributed by atoms with Gasteiger partial charge in [-0.15, -0.1) is 0 Å². The third kappa shape index (κ3) is 1.64. The fraction of sp³-hybridized carbons (Fsp3) is 0.0667. The van der Waals surface area contributed by atoms with Gasteiger partial charge in [0, 0.05) is 16.3 Å². The van der Waals surface area contributed by atoms with Crippen molar-refractivity contribution in [1.29, 1.82) is 5.26 Å². The van der Waals surface area contributed by atoms with E-state index in [1.807, 2.05) is 18.2 Å². The van der Waals surface area contributed by atoms with Gasteiger partial charge in [0.1, 0.15) is 6.07 Å². The molecule has 0 saturated heterocycles. The average molecular weight is 250 g/mol. The summed E-state index contributed by atoms with van der Waals surface area (Å²) in [6, 6.07) is 13.0. The number of benzene rings is 2. The lowest BCUT2D eigenvalue weighted by Crippen LogP contribution is -2.00. The highest BCUT2D eigenvalue weighted by molar-refractivity contribution is 6.10. The first-order valence-electron chi connectivity index (χ1n) is 5.77. The lowest BCUT2D eigenvalue weighted by atomic mass is 10.1. The molecular formula is C15H10N2O2. The Morgan fingerprint density at radius 2 is 2.11 bits per heavy atom. The van der Waals surface area contributed by atoms with Gasteiger partial charge in [0.2, 0.25) is 0 Å². The summed E-state index contributed by atoms with van der Waals surface area (Å²) in [7, 11) is 1.35. The van der Waals surface area contributed by atoms with Crippen LogP contribution in [0.2, 0.25) is 0 Å². The Morgan fingerprint density at radius 3 is 2.84 bits per heavy atom. The van der Waals surface area contributed by atoms with Crippen LogP contribution >= 0.6 is 0 Å². The number of fused-ring (bicyclic) bond motifs is 3. The Labute approximate surface area is 109 Å². The van der Waals surface area contributed by atoms with Crippen molar-refractivity contribution in [2.45, 2.75) is 0 Å². The van der Waals surface area contributed by atoms with Gasteiger partial charge in [-0.2, -0.15) is 5.26 Å². The summed E-state index contributed by atoms with van der Waals surface area (Å²) in [4.78, 5) is 14.7. The summed E-state index contributed by atoms with van der Waals surface area (Å²) >= 11 is 0. The summed E-state index contributed by atoms with van der Waals surface area (Å²) in [5, 5.41) is 11.1. The predicted molar refractivity (Wildman–Crippen MR) is 71.9 cm³/mol. The van der Waals surface area contributed by atoms with Crippen LogP contribution in [0.1, 0.15) is 15.9 Å². The second-order valence-electron chi connectivity index (χ2n) is 4.22. The van der Waals surface area contributed by atoms with E-state index >= 15 is 0 Å². The van der Waals surface area contributed by atoms with Crippen LogP contribution in [-0.2, 0) is 4.74 Å². The van der Waals surface area contributed by atoms with Crippen molar-refractivity contribution >= 4 is 27.8 Å². The Kier molecular flexibility index (Phi) is 2.46. The molecular weight excluding hydrogens is 240 g/mol. The predicted octanol–water partition coefficient (Wildman–Crippen LogP) is 2.98. The second-order valence-corrected chi connectivity index (χ2v) is 4.22. The maximum absolute atomic E-state index is 11.5. The van der Waals surface area contributed by atoms with Crippen molar-refractivity contribution in [1.82, 2.24) is 4.98 Å². The third-order valence-electron chi connectivity index (χ3n) is 3.18. The molecule has 2 aromatic carbocycles. The number of methoxy groups -OCH3 is 1. The van der Waals surface area contributed by atoms with Gasteiger partial charge in [-0.1, -0.05) is 18.2 Å². The molecule has 4 heteroatoms. The number of nitrogens with one attached hydrogen (secondary N) is 1. The summed E-state index contributed by atoms with van der Waals surface area (Å²) in [5.41, 5.74) is 2.69. The number of esters is 1. The fourth-order valence-corrected chi connectivity index (χ4v) is 2.27. The molecule has 0 unspecified atom stereocenters. The van der Waals surface area contributed by atoms with Crippen LogP contribution in [0.3, 0.4) is 0 Å². The third-order valence-corrected chi connectivity index (χ3v) is 3.18.